The van der Waals surface area contributed by atoms with E-state index in [0.29, 0.717) is 23.3 Å². The minimum Gasteiger partial charge on any atom is -0.507 e. The van der Waals surface area contributed by atoms with Gasteiger partial charge in [0.25, 0.3) is 0 Å². The number of hydrogen-bond donors (Lipinski definition) is 3. The van der Waals surface area contributed by atoms with Crippen molar-refractivity contribution in [1.29, 1.82) is 0 Å². The summed E-state index contributed by atoms with van der Waals surface area (Å²) in [6, 6.07) is 10.6. The van der Waals surface area contributed by atoms with Crippen LogP contribution in [0.15, 0.2) is 42.7 Å². The van der Waals surface area contributed by atoms with Gasteiger partial charge < -0.3 is 15.3 Å². The number of piperidine rings is 1. The molecule has 3 N–H and O–H groups in total. The second-order valence-corrected chi connectivity index (χ2v) is 8.64. The molecule has 0 aliphatic carbocycles. The fourth-order valence-corrected chi connectivity index (χ4v) is 4.88. The fourth-order valence-electron chi connectivity index (χ4n) is 4.88. The predicted molar refractivity (Wildman–Crippen MR) is 113 cm³/mol. The summed E-state index contributed by atoms with van der Waals surface area (Å²) < 4.78 is 0. The van der Waals surface area contributed by atoms with E-state index in [1.807, 2.05) is 24.3 Å². The van der Waals surface area contributed by atoms with Crippen molar-refractivity contribution in [2.45, 2.75) is 50.2 Å². The van der Waals surface area contributed by atoms with Gasteiger partial charge in [-0.2, -0.15) is 5.10 Å². The molecular formula is C22H26N6O. The minimum atomic E-state index is 0.182. The highest BCUT2D eigenvalue weighted by Crippen LogP contribution is 2.38. The Balaban J connectivity index is 1.35. The number of aromatic amines is 1. The van der Waals surface area contributed by atoms with Gasteiger partial charge in [0.2, 0.25) is 0 Å². The van der Waals surface area contributed by atoms with Crippen molar-refractivity contribution in [2.75, 3.05) is 11.9 Å². The van der Waals surface area contributed by atoms with Gasteiger partial charge >= 0.3 is 0 Å². The zero-order valence-corrected chi connectivity index (χ0v) is 16.8. The largest absolute Gasteiger partial charge is 0.507 e. The number of fused-ring (bicyclic) bond motifs is 2. The summed E-state index contributed by atoms with van der Waals surface area (Å²) >= 11 is 0. The normalized spacial score (nSPS) is 25.9. The molecule has 1 aromatic carbocycles. The first-order valence-electron chi connectivity index (χ1n) is 10.2. The summed E-state index contributed by atoms with van der Waals surface area (Å²) in [5, 5.41) is 29.9. The van der Waals surface area contributed by atoms with Gasteiger partial charge in [0, 0.05) is 42.0 Å². The molecule has 7 heteroatoms. The number of benzene rings is 1. The summed E-state index contributed by atoms with van der Waals surface area (Å²) in [5.74, 6) is 1.06. The van der Waals surface area contributed by atoms with Crippen LogP contribution in [-0.2, 0) is 0 Å². The molecule has 1 unspecified atom stereocenters. The van der Waals surface area contributed by atoms with Crippen LogP contribution in [0.3, 0.4) is 0 Å². The van der Waals surface area contributed by atoms with Crippen molar-refractivity contribution in [3.63, 3.8) is 0 Å². The number of anilines is 1. The lowest BCUT2D eigenvalue weighted by atomic mass is 9.88. The lowest BCUT2D eigenvalue weighted by molar-refractivity contribution is 0.266. The third-order valence-corrected chi connectivity index (χ3v) is 6.50. The van der Waals surface area contributed by atoms with Crippen molar-refractivity contribution in [2.24, 2.45) is 0 Å². The fraction of sp³-hybridized carbons (Fsp3) is 0.409. The average Bonchev–Trinajstić information content (AvgIpc) is 3.35. The van der Waals surface area contributed by atoms with Crippen LogP contribution < -0.4 is 10.2 Å². The van der Waals surface area contributed by atoms with Crippen molar-refractivity contribution < 1.29 is 5.11 Å². The molecule has 3 aromatic rings. The van der Waals surface area contributed by atoms with E-state index in [4.69, 9.17) is 0 Å². The van der Waals surface area contributed by atoms with Gasteiger partial charge in [-0.3, -0.25) is 5.10 Å². The SMILES string of the molecule is CN(c1ccc(-c2ccc(-c3cn[nH]c3)cc2O)nn1)[C@H]1CC2CC[C@](C)(C1)N2. The Labute approximate surface area is 170 Å². The molecule has 7 nitrogen and oxygen atoms in total. The van der Waals surface area contributed by atoms with E-state index in [1.165, 1.54) is 12.8 Å². The summed E-state index contributed by atoms with van der Waals surface area (Å²) in [7, 11) is 2.11. The van der Waals surface area contributed by atoms with E-state index in [-0.39, 0.29) is 11.3 Å². The Kier molecular flexibility index (Phi) is 4.28. The molecule has 2 saturated heterocycles. The lowest BCUT2D eigenvalue weighted by Gasteiger charge is -2.41. The topological polar surface area (TPSA) is 90.0 Å². The number of nitrogens with one attached hydrogen (secondary N) is 2. The number of H-pyrrole nitrogens is 1. The quantitative estimate of drug-likeness (QED) is 0.633. The number of phenolic OH excluding ortho intramolecular Hbond substituents is 1. The van der Waals surface area contributed by atoms with Crippen LogP contribution in [0.4, 0.5) is 5.82 Å². The Morgan fingerprint density at radius 3 is 2.76 bits per heavy atom. The number of hydrogen-bond acceptors (Lipinski definition) is 6. The maximum absolute atomic E-state index is 10.5. The van der Waals surface area contributed by atoms with Crippen LogP contribution in [0.25, 0.3) is 22.4 Å². The number of phenols is 1. The number of aromatic nitrogens is 4. The van der Waals surface area contributed by atoms with Crippen LogP contribution in [0, 0.1) is 0 Å². The van der Waals surface area contributed by atoms with Crippen molar-refractivity contribution in [3.05, 3.63) is 42.7 Å². The summed E-state index contributed by atoms with van der Waals surface area (Å²) in [6.45, 7) is 2.33. The maximum atomic E-state index is 10.5. The van der Waals surface area contributed by atoms with Gasteiger partial charge in [0.1, 0.15) is 5.75 Å². The molecule has 2 aliphatic rings. The molecule has 2 bridgehead atoms. The maximum Gasteiger partial charge on any atom is 0.151 e. The lowest BCUT2D eigenvalue weighted by Crippen LogP contribution is -2.53. The van der Waals surface area contributed by atoms with Crippen LogP contribution >= 0.6 is 0 Å². The molecular weight excluding hydrogens is 364 g/mol. The number of nitrogens with zero attached hydrogens (tertiary/aromatic N) is 4. The first kappa shape index (κ1) is 18.1. The second kappa shape index (κ2) is 6.84. The number of aromatic hydroxyl groups is 1. The monoisotopic (exact) mass is 390 g/mol. The van der Waals surface area contributed by atoms with Gasteiger partial charge in [0.05, 0.1) is 11.9 Å². The second-order valence-electron chi connectivity index (χ2n) is 8.64. The predicted octanol–water partition coefficient (Wildman–Crippen LogP) is 3.35. The van der Waals surface area contributed by atoms with Crippen LogP contribution in [-0.4, -0.2) is 50.2 Å². The molecule has 29 heavy (non-hydrogen) atoms. The molecule has 150 valence electrons. The molecule has 5 rings (SSSR count). The van der Waals surface area contributed by atoms with E-state index < -0.39 is 0 Å². The highest BCUT2D eigenvalue weighted by molar-refractivity contribution is 5.73. The smallest absolute Gasteiger partial charge is 0.151 e. The van der Waals surface area contributed by atoms with Gasteiger partial charge in [-0.25, -0.2) is 0 Å². The van der Waals surface area contributed by atoms with Gasteiger partial charge in [-0.05, 0) is 62.4 Å². The molecule has 0 radical (unpaired) electrons. The van der Waals surface area contributed by atoms with Gasteiger partial charge in [0.15, 0.2) is 5.82 Å². The molecule has 0 amide bonds. The van der Waals surface area contributed by atoms with Crippen LogP contribution in [0.2, 0.25) is 0 Å². The molecule has 0 saturated carbocycles. The Morgan fingerprint density at radius 2 is 2.07 bits per heavy atom. The molecule has 3 atom stereocenters. The summed E-state index contributed by atoms with van der Waals surface area (Å²) in [6.07, 6.45) is 8.31. The third kappa shape index (κ3) is 3.35. The van der Waals surface area contributed by atoms with E-state index in [1.54, 1.807) is 18.5 Å². The van der Waals surface area contributed by atoms with E-state index in [2.05, 4.69) is 44.6 Å². The molecule has 0 spiro atoms. The Bertz CT molecular complexity index is 1000. The van der Waals surface area contributed by atoms with Gasteiger partial charge in [-0.15, -0.1) is 10.2 Å². The van der Waals surface area contributed by atoms with Crippen molar-refractivity contribution in [1.82, 2.24) is 25.7 Å². The molecule has 2 aromatic heterocycles. The molecule has 2 fully saturated rings. The highest BCUT2D eigenvalue weighted by Gasteiger charge is 2.43. The Morgan fingerprint density at radius 1 is 1.17 bits per heavy atom. The zero-order chi connectivity index (χ0) is 20.0. The Hall–Kier alpha value is -2.93. The van der Waals surface area contributed by atoms with E-state index >= 15 is 0 Å². The van der Waals surface area contributed by atoms with Gasteiger partial charge in [-0.1, -0.05) is 6.07 Å². The first-order chi connectivity index (χ1) is 14.0. The average molecular weight is 390 g/mol. The summed E-state index contributed by atoms with van der Waals surface area (Å²) in [4.78, 5) is 2.26. The van der Waals surface area contributed by atoms with E-state index in [9.17, 15) is 5.11 Å². The first-order valence-corrected chi connectivity index (χ1v) is 10.2. The zero-order valence-electron chi connectivity index (χ0n) is 16.8. The minimum absolute atomic E-state index is 0.182. The van der Waals surface area contributed by atoms with Crippen LogP contribution in [0.5, 0.6) is 5.75 Å². The van der Waals surface area contributed by atoms with Crippen molar-refractivity contribution >= 4 is 5.82 Å². The third-order valence-electron chi connectivity index (χ3n) is 6.50. The highest BCUT2D eigenvalue weighted by atomic mass is 16.3. The molecule has 4 heterocycles. The van der Waals surface area contributed by atoms with Crippen LogP contribution in [0.1, 0.15) is 32.6 Å². The van der Waals surface area contributed by atoms with Crippen molar-refractivity contribution in [3.8, 4) is 28.1 Å². The molecule has 2 aliphatic heterocycles. The standard InChI is InChI=1S/C22H26N6O/c1-22-8-7-16(25-22)10-17(11-22)28(2)21-6-5-19(26-27-21)18-4-3-14(9-20(18)29)15-12-23-24-13-15/h3-6,9,12-13,16-17,25,29H,7-8,10-11H2,1-2H3,(H,23,24)/t16?,17-,22+/m0/s1. The van der Waals surface area contributed by atoms with E-state index in [0.717, 1.165) is 29.8 Å². The summed E-state index contributed by atoms with van der Waals surface area (Å²) in [5.41, 5.74) is 3.41. The number of rotatable bonds is 4.